The highest BCUT2D eigenvalue weighted by atomic mass is 32.2. The monoisotopic (exact) mass is 150 g/mol. The fraction of sp³-hybridized carbons (Fsp3) is 1.00. The number of hydrogen-bond acceptors (Lipinski definition) is 3. The van der Waals surface area contributed by atoms with Crippen molar-refractivity contribution >= 4 is 11.8 Å². The van der Waals surface area contributed by atoms with Crippen molar-refractivity contribution in [2.24, 2.45) is 0 Å². The van der Waals surface area contributed by atoms with E-state index in [2.05, 4.69) is 6.92 Å². The number of aliphatic hydroxyl groups excluding tert-OH is 1. The lowest BCUT2D eigenvalue weighted by Crippen LogP contribution is -2.04. The number of thioether (sulfide) groups is 1. The Labute approximate surface area is 60.3 Å². The van der Waals surface area contributed by atoms with E-state index in [0.717, 1.165) is 17.9 Å². The van der Waals surface area contributed by atoms with Crippen LogP contribution < -0.4 is 0 Å². The van der Waals surface area contributed by atoms with E-state index in [1.807, 2.05) is 0 Å². The maximum absolute atomic E-state index is 8.39. The van der Waals surface area contributed by atoms with E-state index in [0.29, 0.717) is 6.42 Å². The van der Waals surface area contributed by atoms with Crippen molar-refractivity contribution in [3.8, 4) is 0 Å². The molecule has 0 unspecified atom stereocenters. The van der Waals surface area contributed by atoms with Gasteiger partial charge < -0.3 is 10.2 Å². The van der Waals surface area contributed by atoms with Gasteiger partial charge in [-0.05, 0) is 17.9 Å². The van der Waals surface area contributed by atoms with Gasteiger partial charge in [-0.25, -0.2) is 0 Å². The molecule has 0 aromatic heterocycles. The van der Waals surface area contributed by atoms with E-state index in [4.69, 9.17) is 10.2 Å². The smallest absolute Gasteiger partial charge is 0.152 e. The SMILES string of the molecule is CCCSCCC(O)O. The van der Waals surface area contributed by atoms with Crippen LogP contribution in [0.2, 0.25) is 0 Å². The average Bonchev–Trinajstić information content (AvgIpc) is 1.80. The van der Waals surface area contributed by atoms with Gasteiger partial charge in [-0.1, -0.05) is 6.92 Å². The van der Waals surface area contributed by atoms with Gasteiger partial charge in [0.15, 0.2) is 6.29 Å². The summed E-state index contributed by atoms with van der Waals surface area (Å²) in [4.78, 5) is 0. The second-order valence-electron chi connectivity index (χ2n) is 1.88. The van der Waals surface area contributed by atoms with Crippen molar-refractivity contribution in [1.29, 1.82) is 0 Å². The Morgan fingerprint density at radius 2 is 2.00 bits per heavy atom. The summed E-state index contributed by atoms with van der Waals surface area (Å²) in [6.45, 7) is 2.11. The first-order valence-corrected chi connectivity index (χ1v) is 4.36. The Morgan fingerprint density at radius 1 is 1.33 bits per heavy atom. The van der Waals surface area contributed by atoms with Gasteiger partial charge in [0.1, 0.15) is 0 Å². The van der Waals surface area contributed by atoms with E-state index in [1.54, 1.807) is 11.8 Å². The van der Waals surface area contributed by atoms with Crippen molar-refractivity contribution in [3.63, 3.8) is 0 Å². The van der Waals surface area contributed by atoms with Crippen molar-refractivity contribution in [3.05, 3.63) is 0 Å². The third-order valence-electron chi connectivity index (χ3n) is 0.869. The van der Waals surface area contributed by atoms with Crippen molar-refractivity contribution < 1.29 is 10.2 Å². The van der Waals surface area contributed by atoms with Crippen LogP contribution in [0.15, 0.2) is 0 Å². The van der Waals surface area contributed by atoms with Gasteiger partial charge in [-0.2, -0.15) is 11.8 Å². The van der Waals surface area contributed by atoms with E-state index in [-0.39, 0.29) is 0 Å². The predicted octanol–water partition coefficient (Wildman–Crippen LogP) is 0.830. The molecule has 0 aromatic rings. The van der Waals surface area contributed by atoms with Crippen LogP contribution in [0, 0.1) is 0 Å². The molecule has 0 spiro atoms. The van der Waals surface area contributed by atoms with Gasteiger partial charge in [0, 0.05) is 6.42 Å². The zero-order valence-electron chi connectivity index (χ0n) is 5.71. The molecule has 3 heteroatoms. The largest absolute Gasteiger partial charge is 0.368 e. The molecule has 0 aliphatic carbocycles. The molecule has 0 saturated carbocycles. The quantitative estimate of drug-likeness (QED) is 0.450. The van der Waals surface area contributed by atoms with Crippen LogP contribution in [0.4, 0.5) is 0 Å². The summed E-state index contributed by atoms with van der Waals surface area (Å²) >= 11 is 1.76. The van der Waals surface area contributed by atoms with E-state index in [1.165, 1.54) is 0 Å². The first kappa shape index (κ1) is 9.27. The Hall–Kier alpha value is 0.270. The van der Waals surface area contributed by atoms with E-state index in [9.17, 15) is 0 Å². The molecule has 0 atom stereocenters. The van der Waals surface area contributed by atoms with Gasteiger partial charge in [0.25, 0.3) is 0 Å². The lowest BCUT2D eigenvalue weighted by atomic mass is 10.5. The topological polar surface area (TPSA) is 40.5 Å². The second-order valence-corrected chi connectivity index (χ2v) is 3.11. The maximum atomic E-state index is 8.39. The minimum Gasteiger partial charge on any atom is -0.368 e. The minimum absolute atomic E-state index is 0.491. The Kier molecular flexibility index (Phi) is 6.58. The van der Waals surface area contributed by atoms with Gasteiger partial charge in [0.2, 0.25) is 0 Å². The van der Waals surface area contributed by atoms with E-state index >= 15 is 0 Å². The Balaban J connectivity index is 2.75. The third-order valence-corrected chi connectivity index (χ3v) is 2.09. The number of aliphatic hydroxyl groups is 2. The second kappa shape index (κ2) is 6.39. The fourth-order valence-corrected chi connectivity index (χ4v) is 1.31. The Morgan fingerprint density at radius 3 is 2.44 bits per heavy atom. The maximum Gasteiger partial charge on any atom is 0.152 e. The summed E-state index contributed by atoms with van der Waals surface area (Å²) in [5.41, 5.74) is 0. The molecule has 9 heavy (non-hydrogen) atoms. The van der Waals surface area contributed by atoms with Crippen LogP contribution in [-0.4, -0.2) is 28.0 Å². The summed E-state index contributed by atoms with van der Waals surface area (Å²) in [6.07, 6.45) is 0.533. The average molecular weight is 150 g/mol. The molecule has 0 radical (unpaired) electrons. The molecule has 0 rings (SSSR count). The molecule has 0 amide bonds. The number of rotatable bonds is 5. The summed E-state index contributed by atoms with van der Waals surface area (Å²) in [6, 6.07) is 0. The van der Waals surface area contributed by atoms with Crippen LogP contribution >= 0.6 is 11.8 Å². The third kappa shape index (κ3) is 8.27. The van der Waals surface area contributed by atoms with Crippen molar-refractivity contribution in [1.82, 2.24) is 0 Å². The van der Waals surface area contributed by atoms with E-state index < -0.39 is 6.29 Å². The molecule has 0 aliphatic rings. The van der Waals surface area contributed by atoms with Crippen LogP contribution in [0.5, 0.6) is 0 Å². The molecule has 0 heterocycles. The molecule has 0 aliphatic heterocycles. The summed E-state index contributed by atoms with van der Waals surface area (Å²) in [5.74, 6) is 1.97. The molecule has 2 N–H and O–H groups in total. The molecule has 56 valence electrons. The van der Waals surface area contributed by atoms with Gasteiger partial charge >= 0.3 is 0 Å². The normalized spacial score (nSPS) is 10.7. The highest BCUT2D eigenvalue weighted by molar-refractivity contribution is 7.99. The van der Waals surface area contributed by atoms with Gasteiger partial charge in [0.05, 0.1) is 0 Å². The van der Waals surface area contributed by atoms with Crippen molar-refractivity contribution in [2.75, 3.05) is 11.5 Å². The van der Waals surface area contributed by atoms with Crippen LogP contribution in [0.1, 0.15) is 19.8 Å². The van der Waals surface area contributed by atoms with Crippen molar-refractivity contribution in [2.45, 2.75) is 26.1 Å². The minimum atomic E-state index is -1.12. The standard InChI is InChI=1S/C6H14O2S/c1-2-4-9-5-3-6(7)8/h6-8H,2-5H2,1H3. The molecular formula is C6H14O2S. The summed E-state index contributed by atoms with van der Waals surface area (Å²) in [7, 11) is 0. The molecular weight excluding hydrogens is 136 g/mol. The Bertz CT molecular complexity index is 57.0. The molecule has 0 saturated heterocycles. The van der Waals surface area contributed by atoms with Gasteiger partial charge in [-0.3, -0.25) is 0 Å². The van der Waals surface area contributed by atoms with Crippen LogP contribution in [-0.2, 0) is 0 Å². The highest BCUT2D eigenvalue weighted by Gasteiger charge is 1.94. The zero-order valence-corrected chi connectivity index (χ0v) is 6.52. The zero-order chi connectivity index (χ0) is 7.11. The summed E-state index contributed by atoms with van der Waals surface area (Å²) < 4.78 is 0. The van der Waals surface area contributed by atoms with Crippen LogP contribution in [0.3, 0.4) is 0 Å². The fourth-order valence-electron chi connectivity index (χ4n) is 0.435. The molecule has 0 bridgehead atoms. The summed E-state index contributed by atoms with van der Waals surface area (Å²) in [5, 5.41) is 16.8. The van der Waals surface area contributed by atoms with Gasteiger partial charge in [-0.15, -0.1) is 0 Å². The first-order chi connectivity index (χ1) is 4.27. The highest BCUT2D eigenvalue weighted by Crippen LogP contribution is 2.04. The molecule has 2 nitrogen and oxygen atoms in total. The van der Waals surface area contributed by atoms with Crippen LogP contribution in [0.25, 0.3) is 0 Å². The lowest BCUT2D eigenvalue weighted by Gasteiger charge is -2.00. The lowest BCUT2D eigenvalue weighted by molar-refractivity contribution is -0.0404. The molecule has 0 aromatic carbocycles. The number of hydrogen-bond donors (Lipinski definition) is 2. The molecule has 0 fully saturated rings. The predicted molar refractivity (Wildman–Crippen MR) is 40.5 cm³/mol. The first-order valence-electron chi connectivity index (χ1n) is 3.21.